The number of nitrogens with zero attached hydrogens (tertiary/aromatic N) is 2. The average molecular weight is 927 g/mol. The third-order valence-electron chi connectivity index (χ3n) is 17.9. The van der Waals surface area contributed by atoms with Gasteiger partial charge in [0.25, 0.3) is 0 Å². The van der Waals surface area contributed by atoms with Crippen LogP contribution in [0, 0.1) is 35.5 Å². The van der Waals surface area contributed by atoms with Gasteiger partial charge in [0.15, 0.2) is 0 Å². The molecule has 4 aliphatic heterocycles. The van der Waals surface area contributed by atoms with Crippen molar-refractivity contribution in [3.63, 3.8) is 0 Å². The average Bonchev–Trinajstić information content (AvgIpc) is 3.95. The Morgan fingerprint density at radius 3 is 1.40 bits per heavy atom. The molecular formula is C55H90N8O4. The van der Waals surface area contributed by atoms with E-state index in [-0.39, 0.29) is 78.2 Å². The second-order valence-corrected chi connectivity index (χ2v) is 22.0. The van der Waals surface area contributed by atoms with E-state index in [0.717, 1.165) is 127 Å². The lowest BCUT2D eigenvalue weighted by Gasteiger charge is -2.70. The van der Waals surface area contributed by atoms with Crippen LogP contribution in [-0.4, -0.2) is 85.5 Å². The van der Waals surface area contributed by atoms with E-state index < -0.39 is 30.0 Å². The molecule has 2 aromatic rings. The van der Waals surface area contributed by atoms with Gasteiger partial charge in [0.2, 0.25) is 5.91 Å². The van der Waals surface area contributed by atoms with E-state index in [4.69, 9.17) is 11.5 Å². The first-order chi connectivity index (χ1) is 32.5. The summed E-state index contributed by atoms with van der Waals surface area (Å²) in [4.78, 5) is 20.3. The van der Waals surface area contributed by atoms with Gasteiger partial charge in [0, 0.05) is 76.5 Å². The van der Waals surface area contributed by atoms with E-state index in [0.29, 0.717) is 11.4 Å². The molecule has 8 rings (SSSR count). The fraction of sp³-hybridized carbons (Fsp3) is 0.764. The molecule has 12 heteroatoms. The number of rotatable bonds is 24. The predicted molar refractivity (Wildman–Crippen MR) is 270 cm³/mol. The number of nitrogen functional groups attached to an aromatic ring is 2. The fourth-order valence-electron chi connectivity index (χ4n) is 14.9. The summed E-state index contributed by atoms with van der Waals surface area (Å²) in [6.45, 7) is 10.9. The summed E-state index contributed by atoms with van der Waals surface area (Å²) in [7, 11) is 0. The molecule has 2 aliphatic carbocycles. The zero-order valence-corrected chi connectivity index (χ0v) is 41.8. The molecule has 0 aromatic heterocycles. The van der Waals surface area contributed by atoms with Gasteiger partial charge >= 0.3 is 0 Å². The SMILES string of the molecule is CCCCCCC(CCCCCC)N1C(O)C2C3NC(c4ccccc4N)NC3C3C(=O)N(C(CCCCCC)CCCCCC)C(C)(O)C4C5NC(c6ccccc6N)NC5C(C2C34)C1O. The molecule has 1 amide bonds. The number of carbonyl (C=O) groups is 1. The number of para-hydroxylation sites is 2. The van der Waals surface area contributed by atoms with Crippen molar-refractivity contribution in [2.45, 2.75) is 230 Å². The molecule has 15 unspecified atom stereocenters. The topological polar surface area (TPSA) is 184 Å². The van der Waals surface area contributed by atoms with Gasteiger partial charge in [0.1, 0.15) is 18.2 Å². The third-order valence-corrected chi connectivity index (χ3v) is 17.9. The molecule has 12 nitrogen and oxygen atoms in total. The minimum Gasteiger partial charge on any atom is -0.398 e. The van der Waals surface area contributed by atoms with Crippen molar-refractivity contribution in [3.05, 3.63) is 59.7 Å². The normalized spacial score (nSPS) is 35.6. The van der Waals surface area contributed by atoms with Gasteiger partial charge in [-0.2, -0.15) is 0 Å². The number of fused-ring (bicyclic) bond motifs is 6. The Morgan fingerprint density at radius 2 is 0.955 bits per heavy atom. The van der Waals surface area contributed by atoms with Gasteiger partial charge in [-0.1, -0.05) is 167 Å². The van der Waals surface area contributed by atoms with Gasteiger partial charge in [-0.25, -0.2) is 4.90 Å². The Hall–Kier alpha value is -2.81. The molecule has 15 atom stereocenters. The summed E-state index contributed by atoms with van der Waals surface area (Å²) in [5.41, 5.74) is 15.2. The van der Waals surface area contributed by atoms with Crippen molar-refractivity contribution < 1.29 is 20.1 Å². The van der Waals surface area contributed by atoms with Crippen LogP contribution in [0.3, 0.4) is 0 Å². The van der Waals surface area contributed by atoms with Crippen LogP contribution in [0.1, 0.15) is 186 Å². The standard InChI is InChI=1S/C55H90N8O4/c1-6-10-14-18-26-34(27-19-15-11-7-2)62-52(64)42-40-41-44(47-46(42)58-50(59-47)36-30-22-24-32-38(36)56)54(66)63(35(28-20-16-12-8-3)29-21-17-13-9-4)55(5,67)45(41)49-48(43(40)53(62)65)60-51(61-49)37-31-23-25-33-39(37)57/h22-25,30-35,40-53,58-61,64-65,67H,6-21,26-29,56-57H2,1-5H3. The second-order valence-electron chi connectivity index (χ2n) is 22.0. The van der Waals surface area contributed by atoms with Gasteiger partial charge in [-0.15, -0.1) is 0 Å². The number of hydrogen-bond donors (Lipinski definition) is 9. The Bertz CT molecular complexity index is 1870. The van der Waals surface area contributed by atoms with E-state index >= 15 is 4.79 Å². The van der Waals surface area contributed by atoms with E-state index in [1.54, 1.807) is 0 Å². The molecule has 0 radical (unpaired) electrons. The molecule has 4 heterocycles. The van der Waals surface area contributed by atoms with E-state index in [2.05, 4.69) is 66.0 Å². The summed E-state index contributed by atoms with van der Waals surface area (Å²) in [6.07, 6.45) is 18.7. The molecular weight excluding hydrogens is 837 g/mol. The lowest BCUT2D eigenvalue weighted by molar-refractivity contribution is -0.300. The molecule has 6 fully saturated rings. The lowest BCUT2D eigenvalue weighted by Crippen LogP contribution is -2.83. The number of aliphatic hydroxyl groups excluding tert-OH is 2. The maximum Gasteiger partial charge on any atom is 0.230 e. The Labute approximate surface area is 403 Å². The third kappa shape index (κ3) is 9.82. The molecule has 0 spiro atoms. The molecule has 2 saturated carbocycles. The number of piperidine rings is 2. The number of unbranched alkanes of at least 4 members (excludes halogenated alkanes) is 12. The molecule has 374 valence electrons. The van der Waals surface area contributed by atoms with Crippen LogP contribution in [0.4, 0.5) is 11.4 Å². The minimum absolute atomic E-state index is 0.00908. The monoisotopic (exact) mass is 927 g/mol. The highest BCUT2D eigenvalue weighted by Crippen LogP contribution is 2.64. The molecule has 67 heavy (non-hydrogen) atoms. The van der Waals surface area contributed by atoms with Crippen LogP contribution in [-0.2, 0) is 4.79 Å². The quantitative estimate of drug-likeness (QED) is 0.0365. The summed E-state index contributed by atoms with van der Waals surface area (Å²) < 4.78 is 0. The van der Waals surface area contributed by atoms with Crippen LogP contribution in [0.2, 0.25) is 0 Å². The predicted octanol–water partition coefficient (Wildman–Crippen LogP) is 8.25. The molecule has 0 bridgehead atoms. The molecule has 11 N–H and O–H groups in total. The number of nitrogens with two attached hydrogens (primary N) is 2. The number of nitrogens with one attached hydrogen (secondary N) is 4. The number of carbonyl (C=O) groups excluding carboxylic acids is 1. The molecule has 4 saturated heterocycles. The van der Waals surface area contributed by atoms with E-state index in [9.17, 15) is 15.3 Å². The first kappa shape index (κ1) is 50.6. The van der Waals surface area contributed by atoms with E-state index in [1.165, 1.54) is 12.8 Å². The first-order valence-electron chi connectivity index (χ1n) is 27.4. The zero-order chi connectivity index (χ0) is 47.4. The minimum atomic E-state index is -1.51. The largest absolute Gasteiger partial charge is 0.398 e. The summed E-state index contributed by atoms with van der Waals surface area (Å²) in [5.74, 6) is -2.23. The highest BCUT2D eigenvalue weighted by atomic mass is 16.3. The zero-order valence-electron chi connectivity index (χ0n) is 41.8. The van der Waals surface area contributed by atoms with Crippen molar-refractivity contribution in [2.24, 2.45) is 35.5 Å². The second kappa shape index (κ2) is 22.5. The highest BCUT2D eigenvalue weighted by molar-refractivity contribution is 5.83. The number of amides is 1. The Morgan fingerprint density at radius 1 is 0.552 bits per heavy atom. The number of benzene rings is 2. The van der Waals surface area contributed by atoms with Crippen molar-refractivity contribution >= 4 is 17.3 Å². The van der Waals surface area contributed by atoms with Crippen molar-refractivity contribution in [1.29, 1.82) is 0 Å². The first-order valence-corrected chi connectivity index (χ1v) is 27.4. The Balaban J connectivity index is 1.27. The summed E-state index contributed by atoms with van der Waals surface area (Å²) in [6, 6.07) is 14.6. The number of likely N-dealkylation sites (tertiary alicyclic amines) is 2. The number of hydrogen-bond acceptors (Lipinski definition) is 11. The van der Waals surface area contributed by atoms with Gasteiger partial charge in [-0.05, 0) is 56.6 Å². The van der Waals surface area contributed by atoms with Crippen LogP contribution in [0.15, 0.2) is 48.5 Å². The van der Waals surface area contributed by atoms with Gasteiger partial charge in [-0.3, -0.25) is 26.1 Å². The summed E-state index contributed by atoms with van der Waals surface area (Å²) >= 11 is 0. The molecule has 6 aliphatic rings. The number of aliphatic hydroxyl groups is 3. The fourth-order valence-corrected chi connectivity index (χ4v) is 14.9. The van der Waals surface area contributed by atoms with Gasteiger partial charge < -0.3 is 31.7 Å². The molecule has 2 aromatic carbocycles. The number of anilines is 2. The maximum absolute atomic E-state index is 16.2. The van der Waals surface area contributed by atoms with Crippen molar-refractivity contribution in [1.82, 2.24) is 31.1 Å². The summed E-state index contributed by atoms with van der Waals surface area (Å²) in [5, 5.41) is 56.5. The van der Waals surface area contributed by atoms with Crippen molar-refractivity contribution in [3.8, 4) is 0 Å². The lowest BCUT2D eigenvalue weighted by atomic mass is 9.44. The van der Waals surface area contributed by atoms with E-state index in [1.807, 2.05) is 48.2 Å². The van der Waals surface area contributed by atoms with Crippen LogP contribution >= 0.6 is 0 Å². The highest BCUT2D eigenvalue weighted by Gasteiger charge is 2.75. The van der Waals surface area contributed by atoms with Crippen LogP contribution in [0.5, 0.6) is 0 Å². The smallest absolute Gasteiger partial charge is 0.230 e. The van der Waals surface area contributed by atoms with Crippen LogP contribution < -0.4 is 32.7 Å². The Kier molecular flexibility index (Phi) is 17.0. The van der Waals surface area contributed by atoms with Crippen LogP contribution in [0.25, 0.3) is 0 Å². The van der Waals surface area contributed by atoms with Crippen molar-refractivity contribution in [2.75, 3.05) is 11.5 Å². The van der Waals surface area contributed by atoms with Gasteiger partial charge in [0.05, 0.1) is 18.2 Å². The maximum atomic E-state index is 16.2.